The summed E-state index contributed by atoms with van der Waals surface area (Å²) in [5, 5.41) is 12.2. The Balaban J connectivity index is 1.71. The van der Waals surface area contributed by atoms with Gasteiger partial charge in [0, 0.05) is 17.1 Å². The predicted molar refractivity (Wildman–Crippen MR) is 95.3 cm³/mol. The van der Waals surface area contributed by atoms with Crippen LogP contribution in [0.25, 0.3) is 0 Å². The van der Waals surface area contributed by atoms with Gasteiger partial charge in [0.05, 0.1) is 19.1 Å². The molecular weight excluding hydrogens is 324 g/mol. The highest BCUT2D eigenvalue weighted by Gasteiger charge is 2.04. The molecule has 2 aromatic rings. The highest BCUT2D eigenvalue weighted by atomic mass is 35.5. The van der Waals surface area contributed by atoms with Gasteiger partial charge in [0.2, 0.25) is 5.91 Å². The summed E-state index contributed by atoms with van der Waals surface area (Å²) in [7, 11) is 0. The normalized spacial score (nSPS) is 10.0. The SMILES string of the molecule is Cc1cc(OCCCC(=O)Nc2ccc(CC#N)cc2)ccc1Cl. The minimum absolute atomic E-state index is 0.0566. The first kappa shape index (κ1) is 17.8. The maximum atomic E-state index is 11.9. The van der Waals surface area contributed by atoms with Gasteiger partial charge in [-0.25, -0.2) is 0 Å². The Morgan fingerprint density at radius 3 is 2.67 bits per heavy atom. The fourth-order valence-corrected chi connectivity index (χ4v) is 2.27. The lowest BCUT2D eigenvalue weighted by Crippen LogP contribution is -2.12. The van der Waals surface area contributed by atoms with E-state index in [-0.39, 0.29) is 5.91 Å². The van der Waals surface area contributed by atoms with E-state index in [9.17, 15) is 4.79 Å². The maximum absolute atomic E-state index is 11.9. The molecule has 0 fully saturated rings. The van der Waals surface area contributed by atoms with E-state index in [0.717, 1.165) is 22.6 Å². The van der Waals surface area contributed by atoms with Crippen molar-refractivity contribution in [1.29, 1.82) is 5.26 Å². The van der Waals surface area contributed by atoms with E-state index in [1.165, 1.54) is 0 Å². The molecule has 0 saturated carbocycles. The van der Waals surface area contributed by atoms with Crippen molar-refractivity contribution in [3.8, 4) is 11.8 Å². The number of aryl methyl sites for hydroxylation is 1. The van der Waals surface area contributed by atoms with Crippen LogP contribution in [0.4, 0.5) is 5.69 Å². The van der Waals surface area contributed by atoms with E-state index in [1.807, 2.05) is 31.2 Å². The van der Waals surface area contributed by atoms with Crippen molar-refractivity contribution >= 4 is 23.2 Å². The molecule has 0 heterocycles. The quantitative estimate of drug-likeness (QED) is 0.753. The van der Waals surface area contributed by atoms with Crippen molar-refractivity contribution in [3.05, 3.63) is 58.6 Å². The number of rotatable bonds is 7. The summed E-state index contributed by atoms with van der Waals surface area (Å²) in [5.74, 6) is 0.698. The van der Waals surface area contributed by atoms with Gasteiger partial charge >= 0.3 is 0 Å². The third kappa shape index (κ3) is 5.60. The highest BCUT2D eigenvalue weighted by Crippen LogP contribution is 2.21. The Hall–Kier alpha value is -2.51. The molecule has 0 aliphatic rings. The van der Waals surface area contributed by atoms with Crippen LogP contribution in [0.1, 0.15) is 24.0 Å². The first-order valence-corrected chi connectivity index (χ1v) is 8.11. The molecule has 0 aliphatic carbocycles. The van der Waals surface area contributed by atoms with Crippen LogP contribution >= 0.6 is 11.6 Å². The third-order valence-electron chi connectivity index (χ3n) is 3.47. The zero-order valence-electron chi connectivity index (χ0n) is 13.5. The molecule has 1 amide bonds. The van der Waals surface area contributed by atoms with Gasteiger partial charge in [-0.1, -0.05) is 23.7 Å². The predicted octanol–water partition coefficient (Wildman–Crippen LogP) is 4.51. The molecule has 0 unspecified atom stereocenters. The molecule has 0 bridgehead atoms. The number of carbonyl (C=O) groups is 1. The van der Waals surface area contributed by atoms with Crippen LogP contribution in [0.5, 0.6) is 5.75 Å². The van der Waals surface area contributed by atoms with Crippen molar-refractivity contribution < 1.29 is 9.53 Å². The van der Waals surface area contributed by atoms with Gasteiger partial charge in [-0.05, 0) is 54.8 Å². The monoisotopic (exact) mass is 342 g/mol. The Bertz CT molecular complexity index is 736. The van der Waals surface area contributed by atoms with Crippen molar-refractivity contribution in [2.24, 2.45) is 0 Å². The summed E-state index contributed by atoms with van der Waals surface area (Å²) in [6.45, 7) is 2.39. The second-order valence-electron chi connectivity index (χ2n) is 5.44. The number of nitriles is 1. The first-order valence-electron chi connectivity index (χ1n) is 7.73. The number of amides is 1. The number of ether oxygens (including phenoxy) is 1. The summed E-state index contributed by atoms with van der Waals surface area (Å²) in [6, 6.07) is 14.9. The van der Waals surface area contributed by atoms with Gasteiger partial charge in [0.25, 0.3) is 0 Å². The van der Waals surface area contributed by atoms with E-state index in [1.54, 1.807) is 18.2 Å². The van der Waals surface area contributed by atoms with E-state index in [4.69, 9.17) is 21.6 Å². The minimum Gasteiger partial charge on any atom is -0.494 e. The first-order chi connectivity index (χ1) is 11.6. The summed E-state index contributed by atoms with van der Waals surface area (Å²) in [4.78, 5) is 11.9. The van der Waals surface area contributed by atoms with Crippen LogP contribution in [0.15, 0.2) is 42.5 Å². The largest absolute Gasteiger partial charge is 0.494 e. The van der Waals surface area contributed by atoms with Gasteiger partial charge in [0.15, 0.2) is 0 Å². The van der Waals surface area contributed by atoms with Gasteiger partial charge in [-0.15, -0.1) is 0 Å². The second kappa shape index (κ2) is 8.95. The van der Waals surface area contributed by atoms with Crippen LogP contribution in [-0.2, 0) is 11.2 Å². The highest BCUT2D eigenvalue weighted by molar-refractivity contribution is 6.31. The third-order valence-corrected chi connectivity index (χ3v) is 3.89. The number of hydrogen-bond acceptors (Lipinski definition) is 3. The molecule has 0 aliphatic heterocycles. The van der Waals surface area contributed by atoms with Crippen molar-refractivity contribution in [2.75, 3.05) is 11.9 Å². The molecule has 1 N–H and O–H groups in total. The fourth-order valence-electron chi connectivity index (χ4n) is 2.15. The average molecular weight is 343 g/mol. The molecule has 5 heteroatoms. The lowest BCUT2D eigenvalue weighted by molar-refractivity contribution is -0.116. The molecule has 24 heavy (non-hydrogen) atoms. The van der Waals surface area contributed by atoms with Gasteiger partial charge in [-0.3, -0.25) is 4.79 Å². The van der Waals surface area contributed by atoms with Gasteiger partial charge in [-0.2, -0.15) is 5.26 Å². The molecule has 0 spiro atoms. The number of benzene rings is 2. The zero-order chi connectivity index (χ0) is 17.4. The lowest BCUT2D eigenvalue weighted by atomic mass is 10.1. The number of carbonyl (C=O) groups excluding carboxylic acids is 1. The molecule has 0 aromatic heterocycles. The Morgan fingerprint density at radius 2 is 2.00 bits per heavy atom. The number of nitrogens with one attached hydrogen (secondary N) is 1. The summed E-state index contributed by atoms with van der Waals surface area (Å²) in [6.07, 6.45) is 1.38. The fraction of sp³-hybridized carbons (Fsp3) is 0.263. The molecule has 4 nitrogen and oxygen atoms in total. The van der Waals surface area contributed by atoms with Crippen LogP contribution < -0.4 is 10.1 Å². The van der Waals surface area contributed by atoms with Crippen LogP contribution in [0.2, 0.25) is 5.02 Å². The zero-order valence-corrected chi connectivity index (χ0v) is 14.3. The van der Waals surface area contributed by atoms with Crippen molar-refractivity contribution in [1.82, 2.24) is 0 Å². The number of nitrogens with zero attached hydrogens (tertiary/aromatic N) is 1. The Labute approximate surface area is 147 Å². The lowest BCUT2D eigenvalue weighted by Gasteiger charge is -2.08. The van der Waals surface area contributed by atoms with E-state index in [2.05, 4.69) is 11.4 Å². The average Bonchev–Trinajstić information content (AvgIpc) is 2.57. The minimum atomic E-state index is -0.0566. The summed E-state index contributed by atoms with van der Waals surface area (Å²) >= 11 is 5.96. The smallest absolute Gasteiger partial charge is 0.224 e. The standard InChI is InChI=1S/C19H19ClN2O2/c1-14-13-17(8-9-18(14)20)24-12-2-3-19(23)22-16-6-4-15(5-7-16)10-11-21/h4-9,13H,2-3,10,12H2,1H3,(H,22,23). The van der Waals surface area contributed by atoms with E-state index in [0.29, 0.717) is 30.9 Å². The molecule has 0 atom stereocenters. The second-order valence-corrected chi connectivity index (χ2v) is 5.85. The Morgan fingerprint density at radius 1 is 1.25 bits per heavy atom. The number of anilines is 1. The van der Waals surface area contributed by atoms with Crippen molar-refractivity contribution in [2.45, 2.75) is 26.2 Å². The van der Waals surface area contributed by atoms with Crippen molar-refractivity contribution in [3.63, 3.8) is 0 Å². The molecule has 0 radical (unpaired) electrons. The maximum Gasteiger partial charge on any atom is 0.224 e. The van der Waals surface area contributed by atoms with E-state index >= 15 is 0 Å². The van der Waals surface area contributed by atoms with Crippen LogP contribution in [-0.4, -0.2) is 12.5 Å². The molecule has 0 saturated heterocycles. The summed E-state index contributed by atoms with van der Waals surface area (Å²) in [5.41, 5.74) is 2.63. The molecule has 2 aromatic carbocycles. The Kier molecular flexibility index (Phi) is 6.65. The molecule has 124 valence electrons. The number of hydrogen-bond donors (Lipinski definition) is 1. The van der Waals surface area contributed by atoms with E-state index < -0.39 is 0 Å². The topological polar surface area (TPSA) is 62.1 Å². The van der Waals surface area contributed by atoms with Crippen LogP contribution in [0.3, 0.4) is 0 Å². The number of halogens is 1. The van der Waals surface area contributed by atoms with Gasteiger partial charge < -0.3 is 10.1 Å². The molecular formula is C19H19ClN2O2. The van der Waals surface area contributed by atoms with Gasteiger partial charge in [0.1, 0.15) is 5.75 Å². The molecule has 2 rings (SSSR count). The van der Waals surface area contributed by atoms with Crippen LogP contribution in [0, 0.1) is 18.3 Å². The summed E-state index contributed by atoms with van der Waals surface area (Å²) < 4.78 is 5.62.